The Bertz CT molecular complexity index is 706. The predicted molar refractivity (Wildman–Crippen MR) is 111 cm³/mol. The zero-order valence-electron chi connectivity index (χ0n) is 17.6. The second-order valence-electron chi connectivity index (χ2n) is 8.99. The van der Waals surface area contributed by atoms with Crippen molar-refractivity contribution in [2.24, 2.45) is 5.41 Å². The van der Waals surface area contributed by atoms with Gasteiger partial charge in [0, 0.05) is 16.7 Å². The largest absolute Gasteiger partial charge is 0.423 e. The average molecular weight is 372 g/mol. The first-order valence-electron chi connectivity index (χ1n) is 9.26. The van der Waals surface area contributed by atoms with Gasteiger partial charge in [0.15, 0.2) is 0 Å². The molecule has 0 radical (unpaired) electrons. The number of esters is 1. The fraction of sp³-hybridized carbons (Fsp3) is 0.478. The Morgan fingerprint density at radius 2 is 1.59 bits per heavy atom. The van der Waals surface area contributed by atoms with Gasteiger partial charge in [-0.15, -0.1) is 0 Å². The Labute approximate surface area is 163 Å². The molecule has 27 heavy (non-hydrogen) atoms. The molecule has 0 spiro atoms. The Morgan fingerprint density at radius 1 is 1.04 bits per heavy atom. The molecule has 0 atom stereocenters. The number of carbonyl (C=O) groups is 2. The highest BCUT2D eigenvalue weighted by Gasteiger charge is 2.22. The summed E-state index contributed by atoms with van der Waals surface area (Å²) in [5, 5.41) is 2.89. The lowest BCUT2D eigenvalue weighted by atomic mass is 9.88. The lowest BCUT2D eigenvalue weighted by molar-refractivity contribution is -0.130. The fourth-order valence-electron chi connectivity index (χ4n) is 2.51. The molecule has 0 saturated carbocycles. The van der Waals surface area contributed by atoms with Crippen molar-refractivity contribution < 1.29 is 14.3 Å². The standard InChI is InChI=1S/C23H33NO3/c1-16(2)20(25)24-23(7,8)14-13-17(3)21(26)27-19-11-9-18(10-12-19)15-22(4,5)6/h9-12H,1,3,13-15H2,2,4-8H3,(H,24,25). The molecular formula is C23H33NO3. The van der Waals surface area contributed by atoms with E-state index in [2.05, 4.69) is 39.2 Å². The highest BCUT2D eigenvalue weighted by molar-refractivity contribution is 5.92. The van der Waals surface area contributed by atoms with Crippen LogP contribution in [0.3, 0.4) is 0 Å². The zero-order chi connectivity index (χ0) is 20.8. The van der Waals surface area contributed by atoms with Gasteiger partial charge in [0.25, 0.3) is 0 Å². The first-order chi connectivity index (χ1) is 12.3. The predicted octanol–water partition coefficient (Wildman–Crippen LogP) is 4.99. The molecule has 148 valence electrons. The summed E-state index contributed by atoms with van der Waals surface area (Å²) in [7, 11) is 0. The number of hydrogen-bond acceptors (Lipinski definition) is 3. The Balaban J connectivity index is 2.56. The Kier molecular flexibility index (Phi) is 7.58. The van der Waals surface area contributed by atoms with Crippen molar-refractivity contribution >= 4 is 11.9 Å². The number of carbonyl (C=O) groups excluding carboxylic acids is 2. The van der Waals surface area contributed by atoms with E-state index < -0.39 is 11.5 Å². The molecule has 1 N–H and O–H groups in total. The van der Waals surface area contributed by atoms with Gasteiger partial charge in [0.1, 0.15) is 5.75 Å². The quantitative estimate of drug-likeness (QED) is 0.398. The van der Waals surface area contributed by atoms with Crippen LogP contribution in [0, 0.1) is 5.41 Å². The summed E-state index contributed by atoms with van der Waals surface area (Å²) in [5.74, 6) is -0.127. The van der Waals surface area contributed by atoms with E-state index in [1.165, 1.54) is 5.56 Å². The van der Waals surface area contributed by atoms with Gasteiger partial charge in [-0.05, 0) is 63.1 Å². The van der Waals surface area contributed by atoms with Crippen LogP contribution in [0.5, 0.6) is 5.75 Å². The van der Waals surface area contributed by atoms with Crippen molar-refractivity contribution in [2.75, 3.05) is 0 Å². The molecule has 4 nitrogen and oxygen atoms in total. The van der Waals surface area contributed by atoms with Gasteiger partial charge in [-0.3, -0.25) is 4.79 Å². The summed E-state index contributed by atoms with van der Waals surface area (Å²) in [6.45, 7) is 19.5. The van der Waals surface area contributed by atoms with Crippen LogP contribution in [0.25, 0.3) is 0 Å². The third-order valence-electron chi connectivity index (χ3n) is 4.05. The smallest absolute Gasteiger partial charge is 0.338 e. The monoisotopic (exact) mass is 371 g/mol. The van der Waals surface area contributed by atoms with E-state index in [0.717, 1.165) is 6.42 Å². The molecule has 0 heterocycles. The Hall–Kier alpha value is -2.36. The van der Waals surface area contributed by atoms with Gasteiger partial charge >= 0.3 is 5.97 Å². The van der Waals surface area contributed by atoms with Crippen LogP contribution < -0.4 is 10.1 Å². The normalized spacial score (nSPS) is 11.6. The zero-order valence-corrected chi connectivity index (χ0v) is 17.6. The molecular weight excluding hydrogens is 338 g/mol. The molecule has 1 amide bonds. The minimum atomic E-state index is -0.464. The van der Waals surface area contributed by atoms with E-state index in [0.29, 0.717) is 29.7 Å². The van der Waals surface area contributed by atoms with E-state index in [9.17, 15) is 9.59 Å². The molecule has 0 aliphatic rings. The van der Waals surface area contributed by atoms with Crippen LogP contribution in [0.2, 0.25) is 0 Å². The highest BCUT2D eigenvalue weighted by Crippen LogP contribution is 2.23. The molecule has 1 aromatic rings. The van der Waals surface area contributed by atoms with E-state index in [-0.39, 0.29) is 11.3 Å². The van der Waals surface area contributed by atoms with Crippen LogP contribution in [0.4, 0.5) is 0 Å². The van der Waals surface area contributed by atoms with Crippen LogP contribution in [0.15, 0.2) is 48.6 Å². The molecule has 0 aliphatic carbocycles. The lowest BCUT2D eigenvalue weighted by Crippen LogP contribution is -2.43. The van der Waals surface area contributed by atoms with E-state index >= 15 is 0 Å². The van der Waals surface area contributed by atoms with Gasteiger partial charge in [0.2, 0.25) is 5.91 Å². The van der Waals surface area contributed by atoms with E-state index in [1.54, 1.807) is 6.92 Å². The fourth-order valence-corrected chi connectivity index (χ4v) is 2.51. The van der Waals surface area contributed by atoms with E-state index in [4.69, 9.17) is 4.74 Å². The second-order valence-corrected chi connectivity index (χ2v) is 8.99. The van der Waals surface area contributed by atoms with Crippen molar-refractivity contribution in [1.29, 1.82) is 0 Å². The van der Waals surface area contributed by atoms with Gasteiger partial charge in [-0.1, -0.05) is 46.1 Å². The van der Waals surface area contributed by atoms with Crippen molar-refractivity contribution in [1.82, 2.24) is 5.32 Å². The number of amides is 1. The van der Waals surface area contributed by atoms with Crippen molar-refractivity contribution in [3.05, 3.63) is 54.1 Å². The van der Waals surface area contributed by atoms with Crippen LogP contribution in [-0.4, -0.2) is 17.4 Å². The summed E-state index contributed by atoms with van der Waals surface area (Å²) < 4.78 is 5.41. The van der Waals surface area contributed by atoms with Gasteiger partial charge in [0.05, 0.1) is 0 Å². The maximum absolute atomic E-state index is 12.3. The molecule has 0 saturated heterocycles. The third-order valence-corrected chi connectivity index (χ3v) is 4.05. The number of benzene rings is 1. The Morgan fingerprint density at radius 3 is 2.07 bits per heavy atom. The summed E-state index contributed by atoms with van der Waals surface area (Å²) in [4.78, 5) is 24.0. The molecule has 0 bridgehead atoms. The molecule has 1 aromatic carbocycles. The SMILES string of the molecule is C=C(C)C(=O)NC(C)(C)CCC(=C)C(=O)Oc1ccc(CC(C)(C)C)cc1. The van der Waals surface area contributed by atoms with Crippen molar-refractivity contribution in [3.63, 3.8) is 0 Å². The van der Waals surface area contributed by atoms with Crippen molar-refractivity contribution in [3.8, 4) is 5.75 Å². The molecule has 4 heteroatoms. The summed E-state index contributed by atoms with van der Waals surface area (Å²) in [5.41, 5.74) is 1.78. The summed E-state index contributed by atoms with van der Waals surface area (Å²) >= 11 is 0. The topological polar surface area (TPSA) is 55.4 Å². The molecule has 0 fully saturated rings. The molecule has 0 aliphatic heterocycles. The van der Waals surface area contributed by atoms with Crippen molar-refractivity contribution in [2.45, 2.75) is 66.3 Å². The second kappa shape index (κ2) is 9.03. The van der Waals surface area contributed by atoms with Gasteiger partial charge in [-0.2, -0.15) is 0 Å². The minimum Gasteiger partial charge on any atom is -0.423 e. The summed E-state index contributed by atoms with van der Waals surface area (Å²) in [6, 6.07) is 7.58. The minimum absolute atomic E-state index is 0.191. The van der Waals surface area contributed by atoms with Crippen LogP contribution >= 0.6 is 0 Å². The van der Waals surface area contributed by atoms with Gasteiger partial charge in [-0.25, -0.2) is 4.79 Å². The van der Waals surface area contributed by atoms with Crippen LogP contribution in [0.1, 0.15) is 59.9 Å². The lowest BCUT2D eigenvalue weighted by Gasteiger charge is -2.26. The number of nitrogens with one attached hydrogen (secondary N) is 1. The molecule has 0 unspecified atom stereocenters. The van der Waals surface area contributed by atoms with Crippen LogP contribution in [-0.2, 0) is 16.0 Å². The molecule has 0 aromatic heterocycles. The number of rotatable bonds is 8. The summed E-state index contributed by atoms with van der Waals surface area (Å²) in [6.07, 6.45) is 1.97. The average Bonchev–Trinajstić information content (AvgIpc) is 2.52. The van der Waals surface area contributed by atoms with Gasteiger partial charge < -0.3 is 10.1 Å². The third kappa shape index (κ3) is 8.72. The highest BCUT2D eigenvalue weighted by atomic mass is 16.5. The number of ether oxygens (including phenoxy) is 1. The maximum Gasteiger partial charge on any atom is 0.338 e. The maximum atomic E-state index is 12.3. The number of hydrogen-bond donors (Lipinski definition) is 1. The molecule has 1 rings (SSSR count). The van der Waals surface area contributed by atoms with E-state index in [1.807, 2.05) is 38.1 Å². The first-order valence-corrected chi connectivity index (χ1v) is 9.26. The first kappa shape index (κ1) is 22.7.